The van der Waals surface area contributed by atoms with Gasteiger partial charge in [0.1, 0.15) is 0 Å². The Morgan fingerprint density at radius 3 is 2.55 bits per heavy atom. The summed E-state index contributed by atoms with van der Waals surface area (Å²) >= 11 is 0. The lowest BCUT2D eigenvalue weighted by Crippen LogP contribution is -2.27. The molecule has 0 heterocycles. The van der Waals surface area contributed by atoms with Crippen molar-refractivity contribution in [1.29, 1.82) is 0 Å². The first-order valence-corrected chi connectivity index (χ1v) is 4.83. The van der Waals surface area contributed by atoms with Crippen LogP contribution in [0.3, 0.4) is 0 Å². The third-order valence-corrected chi connectivity index (χ3v) is 2.69. The molecule has 62 valence electrons. The van der Waals surface area contributed by atoms with Crippen molar-refractivity contribution in [2.45, 2.75) is 38.1 Å². The summed E-state index contributed by atoms with van der Waals surface area (Å²) in [5.74, 6) is 1.08. The van der Waals surface area contributed by atoms with Crippen molar-refractivity contribution in [3.05, 3.63) is 12.2 Å². The van der Waals surface area contributed by atoms with E-state index in [2.05, 4.69) is 17.5 Å². The van der Waals surface area contributed by atoms with E-state index in [1.54, 1.807) is 0 Å². The van der Waals surface area contributed by atoms with Crippen LogP contribution in [0, 0.1) is 5.92 Å². The summed E-state index contributed by atoms with van der Waals surface area (Å²) in [6, 6.07) is 0.772. The maximum absolute atomic E-state index is 3.59. The van der Waals surface area contributed by atoms with E-state index in [0.29, 0.717) is 0 Å². The SMILES string of the molecule is C1=CCC(NCCC2CC2)C1. The van der Waals surface area contributed by atoms with Crippen molar-refractivity contribution >= 4 is 0 Å². The van der Waals surface area contributed by atoms with Gasteiger partial charge in [-0.2, -0.15) is 0 Å². The van der Waals surface area contributed by atoms with Crippen molar-refractivity contribution in [2.24, 2.45) is 5.92 Å². The molecule has 0 spiro atoms. The van der Waals surface area contributed by atoms with Gasteiger partial charge in [-0.25, -0.2) is 0 Å². The monoisotopic (exact) mass is 151 g/mol. The van der Waals surface area contributed by atoms with Gasteiger partial charge in [-0.15, -0.1) is 0 Å². The smallest absolute Gasteiger partial charge is 0.0136 e. The van der Waals surface area contributed by atoms with Crippen LogP contribution in [0.5, 0.6) is 0 Å². The zero-order chi connectivity index (χ0) is 7.52. The molecule has 2 aliphatic rings. The maximum atomic E-state index is 3.59. The summed E-state index contributed by atoms with van der Waals surface area (Å²) in [5.41, 5.74) is 0. The minimum atomic E-state index is 0.772. The molecule has 0 aliphatic heterocycles. The molecule has 0 unspecified atom stereocenters. The van der Waals surface area contributed by atoms with Crippen LogP contribution >= 0.6 is 0 Å². The second kappa shape index (κ2) is 3.40. The quantitative estimate of drug-likeness (QED) is 0.607. The fraction of sp³-hybridized carbons (Fsp3) is 0.800. The number of rotatable bonds is 4. The van der Waals surface area contributed by atoms with Crippen molar-refractivity contribution in [2.75, 3.05) is 6.54 Å². The molecule has 1 fully saturated rings. The van der Waals surface area contributed by atoms with Crippen LogP contribution in [0.15, 0.2) is 12.2 Å². The summed E-state index contributed by atoms with van der Waals surface area (Å²) in [6.07, 6.45) is 11.5. The summed E-state index contributed by atoms with van der Waals surface area (Å²) in [7, 11) is 0. The van der Waals surface area contributed by atoms with Gasteiger partial charge in [0.25, 0.3) is 0 Å². The van der Waals surface area contributed by atoms with Gasteiger partial charge in [0, 0.05) is 6.04 Å². The molecule has 0 atom stereocenters. The van der Waals surface area contributed by atoms with Gasteiger partial charge in [0.2, 0.25) is 0 Å². The standard InChI is InChI=1S/C10H17N/c1-2-4-10(3-1)11-8-7-9-5-6-9/h1-2,9-11H,3-8H2. The largest absolute Gasteiger partial charge is 0.313 e. The van der Waals surface area contributed by atoms with Gasteiger partial charge in [-0.3, -0.25) is 0 Å². The Morgan fingerprint density at radius 1 is 1.18 bits per heavy atom. The Bertz CT molecular complexity index is 139. The lowest BCUT2D eigenvalue weighted by atomic mass is 10.2. The second-order valence-corrected chi connectivity index (χ2v) is 3.83. The van der Waals surface area contributed by atoms with Crippen LogP contribution in [0.2, 0.25) is 0 Å². The molecule has 1 saturated carbocycles. The normalized spacial score (nSPS) is 24.7. The topological polar surface area (TPSA) is 12.0 Å². The lowest BCUT2D eigenvalue weighted by molar-refractivity contribution is 0.514. The van der Waals surface area contributed by atoms with Crippen molar-refractivity contribution in [3.8, 4) is 0 Å². The van der Waals surface area contributed by atoms with Crippen LogP contribution in [-0.4, -0.2) is 12.6 Å². The van der Waals surface area contributed by atoms with Crippen LogP contribution < -0.4 is 5.32 Å². The predicted octanol–water partition coefficient (Wildman–Crippen LogP) is 2.09. The molecule has 2 aliphatic carbocycles. The Balaban J connectivity index is 1.52. The molecule has 1 nitrogen and oxygen atoms in total. The molecule has 0 amide bonds. The van der Waals surface area contributed by atoms with Crippen LogP contribution in [0.25, 0.3) is 0 Å². The summed E-state index contributed by atoms with van der Waals surface area (Å²) in [6.45, 7) is 1.25. The molecular weight excluding hydrogens is 134 g/mol. The molecule has 0 aromatic heterocycles. The first-order chi connectivity index (χ1) is 5.45. The Morgan fingerprint density at radius 2 is 1.91 bits per heavy atom. The van der Waals surface area contributed by atoms with Gasteiger partial charge in [-0.05, 0) is 31.7 Å². The third-order valence-electron chi connectivity index (χ3n) is 2.69. The zero-order valence-corrected chi connectivity index (χ0v) is 7.05. The Labute approximate surface area is 68.9 Å². The van der Waals surface area contributed by atoms with E-state index in [0.717, 1.165) is 12.0 Å². The van der Waals surface area contributed by atoms with E-state index in [1.807, 2.05) is 0 Å². The fourth-order valence-electron chi connectivity index (χ4n) is 1.68. The van der Waals surface area contributed by atoms with E-state index in [4.69, 9.17) is 0 Å². The fourth-order valence-corrected chi connectivity index (χ4v) is 1.68. The van der Waals surface area contributed by atoms with Crippen molar-refractivity contribution in [3.63, 3.8) is 0 Å². The van der Waals surface area contributed by atoms with E-state index in [1.165, 1.54) is 38.6 Å². The number of nitrogens with one attached hydrogen (secondary N) is 1. The van der Waals surface area contributed by atoms with Crippen molar-refractivity contribution < 1.29 is 0 Å². The molecule has 2 rings (SSSR count). The average molecular weight is 151 g/mol. The molecular formula is C10H17N. The average Bonchev–Trinajstić information content (AvgIpc) is 2.66. The Hall–Kier alpha value is -0.300. The number of hydrogen-bond donors (Lipinski definition) is 1. The molecule has 1 N–H and O–H groups in total. The highest BCUT2D eigenvalue weighted by Crippen LogP contribution is 2.31. The summed E-state index contributed by atoms with van der Waals surface area (Å²) in [5, 5.41) is 3.59. The van der Waals surface area contributed by atoms with E-state index < -0.39 is 0 Å². The lowest BCUT2D eigenvalue weighted by Gasteiger charge is -2.10. The molecule has 11 heavy (non-hydrogen) atoms. The molecule has 0 aromatic carbocycles. The van der Waals surface area contributed by atoms with Gasteiger partial charge in [0.05, 0.1) is 0 Å². The highest BCUT2D eigenvalue weighted by molar-refractivity contribution is 4.97. The molecule has 0 radical (unpaired) electrons. The minimum absolute atomic E-state index is 0.772. The highest BCUT2D eigenvalue weighted by atomic mass is 14.9. The third kappa shape index (κ3) is 2.33. The first-order valence-electron chi connectivity index (χ1n) is 4.83. The second-order valence-electron chi connectivity index (χ2n) is 3.83. The maximum Gasteiger partial charge on any atom is 0.0136 e. The predicted molar refractivity (Wildman–Crippen MR) is 47.5 cm³/mol. The minimum Gasteiger partial charge on any atom is -0.313 e. The highest BCUT2D eigenvalue weighted by Gasteiger charge is 2.20. The van der Waals surface area contributed by atoms with Gasteiger partial charge < -0.3 is 5.32 Å². The molecule has 1 heteroatoms. The molecule has 0 aromatic rings. The van der Waals surface area contributed by atoms with E-state index >= 15 is 0 Å². The van der Waals surface area contributed by atoms with E-state index in [-0.39, 0.29) is 0 Å². The van der Waals surface area contributed by atoms with Gasteiger partial charge in [0.15, 0.2) is 0 Å². The first kappa shape index (κ1) is 7.35. The molecule has 0 saturated heterocycles. The van der Waals surface area contributed by atoms with Gasteiger partial charge >= 0.3 is 0 Å². The van der Waals surface area contributed by atoms with Crippen LogP contribution in [0.1, 0.15) is 32.1 Å². The van der Waals surface area contributed by atoms with Crippen molar-refractivity contribution in [1.82, 2.24) is 5.32 Å². The zero-order valence-electron chi connectivity index (χ0n) is 7.05. The molecule has 0 bridgehead atoms. The Kier molecular flexibility index (Phi) is 2.27. The van der Waals surface area contributed by atoms with Crippen LogP contribution in [-0.2, 0) is 0 Å². The van der Waals surface area contributed by atoms with E-state index in [9.17, 15) is 0 Å². The summed E-state index contributed by atoms with van der Waals surface area (Å²) < 4.78 is 0. The van der Waals surface area contributed by atoms with Crippen LogP contribution in [0.4, 0.5) is 0 Å². The van der Waals surface area contributed by atoms with Gasteiger partial charge in [-0.1, -0.05) is 25.0 Å². The summed E-state index contributed by atoms with van der Waals surface area (Å²) in [4.78, 5) is 0. The number of hydrogen-bond acceptors (Lipinski definition) is 1.